The average Bonchev–Trinajstić information content (AvgIpc) is 3.27. The number of anilines is 1. The van der Waals surface area contributed by atoms with Gasteiger partial charge in [-0.3, -0.25) is 4.79 Å². The number of rotatable bonds is 7. The number of fused-ring (bicyclic) bond motifs is 1. The van der Waals surface area contributed by atoms with Crippen molar-refractivity contribution in [3.8, 4) is 5.75 Å². The Balaban J connectivity index is 1.35. The summed E-state index contributed by atoms with van der Waals surface area (Å²) in [6.07, 6.45) is 1.02. The Hall–Kier alpha value is -3.62. The van der Waals surface area contributed by atoms with E-state index >= 15 is 0 Å². The standard InChI is InChI=1S/C29H30N2O5S/c1-20-16-21(2)18-31(17-20)37(33,34)24-14-12-22(13-15-24)30-29(32)28-26(19-35-23-8-4-3-5-9-23)25-10-6-7-11-27(25)36-28/h3-15,20-21H,16-19H2,1-2H3,(H,30,32)/t20-,21-/m0/s1. The molecule has 37 heavy (non-hydrogen) atoms. The maximum atomic E-state index is 13.2. The Morgan fingerprint density at radius 2 is 1.59 bits per heavy atom. The lowest BCUT2D eigenvalue weighted by Crippen LogP contribution is -2.42. The third-order valence-electron chi connectivity index (χ3n) is 6.62. The van der Waals surface area contributed by atoms with Gasteiger partial charge < -0.3 is 14.5 Å². The van der Waals surface area contributed by atoms with Crippen LogP contribution < -0.4 is 10.1 Å². The molecular weight excluding hydrogens is 488 g/mol. The maximum absolute atomic E-state index is 13.2. The Morgan fingerprint density at radius 3 is 2.30 bits per heavy atom. The minimum absolute atomic E-state index is 0.158. The monoisotopic (exact) mass is 518 g/mol. The van der Waals surface area contributed by atoms with Crippen molar-refractivity contribution >= 4 is 32.6 Å². The third-order valence-corrected chi connectivity index (χ3v) is 8.46. The molecule has 0 unspecified atom stereocenters. The summed E-state index contributed by atoms with van der Waals surface area (Å²) in [6.45, 7) is 5.35. The number of nitrogens with zero attached hydrogens (tertiary/aromatic N) is 1. The molecular formula is C29H30N2O5S. The summed E-state index contributed by atoms with van der Waals surface area (Å²) in [7, 11) is -3.60. The van der Waals surface area contributed by atoms with Crippen molar-refractivity contribution in [1.82, 2.24) is 4.31 Å². The first-order valence-electron chi connectivity index (χ1n) is 12.4. The van der Waals surface area contributed by atoms with Crippen molar-refractivity contribution in [2.75, 3.05) is 18.4 Å². The summed E-state index contributed by atoms with van der Waals surface area (Å²) in [5.41, 5.74) is 1.70. The molecule has 4 aromatic rings. The molecule has 0 radical (unpaired) electrons. The van der Waals surface area contributed by atoms with Gasteiger partial charge in [-0.05, 0) is 60.7 Å². The van der Waals surface area contributed by atoms with Crippen LogP contribution in [-0.2, 0) is 16.6 Å². The predicted octanol–water partition coefficient (Wildman–Crippen LogP) is 5.93. The topological polar surface area (TPSA) is 88.9 Å². The molecule has 0 saturated carbocycles. The van der Waals surface area contributed by atoms with Gasteiger partial charge in [0.2, 0.25) is 10.0 Å². The van der Waals surface area contributed by atoms with Crippen LogP contribution in [0.2, 0.25) is 0 Å². The molecule has 1 aliphatic rings. The number of furan rings is 1. The van der Waals surface area contributed by atoms with Gasteiger partial charge in [0.1, 0.15) is 17.9 Å². The largest absolute Gasteiger partial charge is 0.489 e. The molecule has 5 rings (SSSR count). The second-order valence-electron chi connectivity index (χ2n) is 9.75. The van der Waals surface area contributed by atoms with Crippen molar-refractivity contribution in [2.45, 2.75) is 31.8 Å². The number of nitrogens with one attached hydrogen (secondary N) is 1. The van der Waals surface area contributed by atoms with Crippen LogP contribution in [0.4, 0.5) is 5.69 Å². The first-order chi connectivity index (χ1) is 17.8. The van der Waals surface area contributed by atoms with Gasteiger partial charge in [0.25, 0.3) is 5.91 Å². The number of ether oxygens (including phenoxy) is 1. The number of benzene rings is 3. The smallest absolute Gasteiger partial charge is 0.291 e. The van der Waals surface area contributed by atoms with E-state index in [2.05, 4.69) is 19.2 Å². The lowest BCUT2D eigenvalue weighted by atomic mass is 9.94. The zero-order chi connectivity index (χ0) is 26.0. The number of hydrogen-bond acceptors (Lipinski definition) is 5. The second-order valence-corrected chi connectivity index (χ2v) is 11.7. The molecule has 1 aromatic heterocycles. The summed E-state index contributed by atoms with van der Waals surface area (Å²) in [6, 6.07) is 23.1. The number of piperidine rings is 1. The number of carbonyl (C=O) groups is 1. The Morgan fingerprint density at radius 1 is 0.946 bits per heavy atom. The summed E-state index contributed by atoms with van der Waals surface area (Å²) >= 11 is 0. The van der Waals surface area contributed by atoms with Gasteiger partial charge >= 0.3 is 0 Å². The summed E-state index contributed by atoms with van der Waals surface area (Å²) < 4.78 is 39.7. The zero-order valence-electron chi connectivity index (χ0n) is 20.9. The second kappa shape index (κ2) is 10.4. The van der Waals surface area contributed by atoms with Crippen LogP contribution in [0.3, 0.4) is 0 Å². The normalized spacial score (nSPS) is 18.5. The Bertz CT molecular complexity index is 1490. The number of amides is 1. The highest BCUT2D eigenvalue weighted by Crippen LogP contribution is 2.29. The fourth-order valence-corrected chi connectivity index (χ4v) is 6.63. The molecule has 1 fully saturated rings. The minimum Gasteiger partial charge on any atom is -0.489 e. The van der Waals surface area contributed by atoms with Crippen LogP contribution in [0.1, 0.15) is 36.4 Å². The van der Waals surface area contributed by atoms with Crippen LogP contribution in [0.15, 0.2) is 88.2 Å². The van der Waals surface area contributed by atoms with Crippen LogP contribution in [0.25, 0.3) is 11.0 Å². The SMILES string of the molecule is C[C@H]1C[C@H](C)CN(S(=O)(=O)c2ccc(NC(=O)c3oc4ccccc4c3COc3ccccc3)cc2)C1. The highest BCUT2D eigenvalue weighted by atomic mass is 32.2. The van der Waals surface area contributed by atoms with Crippen molar-refractivity contribution in [1.29, 1.82) is 0 Å². The molecule has 1 amide bonds. The Labute approximate surface area is 217 Å². The average molecular weight is 519 g/mol. The summed E-state index contributed by atoms with van der Waals surface area (Å²) in [5, 5.41) is 3.63. The molecule has 2 heterocycles. The highest BCUT2D eigenvalue weighted by molar-refractivity contribution is 7.89. The van der Waals surface area contributed by atoms with Gasteiger partial charge in [0, 0.05) is 29.7 Å². The van der Waals surface area contributed by atoms with Crippen molar-refractivity contribution in [3.63, 3.8) is 0 Å². The molecule has 0 aliphatic carbocycles. The van der Waals surface area contributed by atoms with E-state index in [1.165, 1.54) is 12.1 Å². The lowest BCUT2D eigenvalue weighted by Gasteiger charge is -2.34. The first-order valence-corrected chi connectivity index (χ1v) is 13.8. The van der Waals surface area contributed by atoms with E-state index in [1.54, 1.807) is 22.5 Å². The van der Waals surface area contributed by atoms with Gasteiger partial charge in [-0.25, -0.2) is 8.42 Å². The summed E-state index contributed by atoms with van der Waals surface area (Å²) in [4.78, 5) is 13.4. The highest BCUT2D eigenvalue weighted by Gasteiger charge is 2.31. The van der Waals surface area contributed by atoms with Crippen LogP contribution in [-0.4, -0.2) is 31.7 Å². The third kappa shape index (κ3) is 5.40. The Kier molecular flexibility index (Phi) is 7.04. The van der Waals surface area contributed by atoms with E-state index in [-0.39, 0.29) is 17.3 Å². The lowest BCUT2D eigenvalue weighted by molar-refractivity contribution is 0.0995. The molecule has 0 spiro atoms. The van der Waals surface area contributed by atoms with Crippen molar-refractivity contribution < 1.29 is 22.4 Å². The number of hydrogen-bond donors (Lipinski definition) is 1. The van der Waals surface area contributed by atoms with Gasteiger partial charge in [0.15, 0.2) is 5.76 Å². The fourth-order valence-electron chi connectivity index (χ4n) is 4.95. The van der Waals surface area contributed by atoms with E-state index in [9.17, 15) is 13.2 Å². The van der Waals surface area contributed by atoms with Gasteiger partial charge in [-0.15, -0.1) is 0 Å². The minimum atomic E-state index is -3.60. The molecule has 1 aliphatic heterocycles. The van der Waals surface area contributed by atoms with Crippen molar-refractivity contribution in [3.05, 3.63) is 90.2 Å². The molecule has 7 nitrogen and oxygen atoms in total. The van der Waals surface area contributed by atoms with Crippen LogP contribution in [0.5, 0.6) is 5.75 Å². The first kappa shape index (κ1) is 25.0. The fraction of sp³-hybridized carbons (Fsp3) is 0.276. The predicted molar refractivity (Wildman–Crippen MR) is 143 cm³/mol. The molecule has 0 bridgehead atoms. The molecule has 8 heteroatoms. The molecule has 3 aromatic carbocycles. The number of para-hydroxylation sites is 2. The van der Waals surface area contributed by atoms with Gasteiger partial charge in [0.05, 0.1) is 4.90 Å². The molecule has 1 saturated heterocycles. The molecule has 192 valence electrons. The van der Waals surface area contributed by atoms with E-state index < -0.39 is 15.9 Å². The number of carbonyl (C=O) groups excluding carboxylic acids is 1. The zero-order valence-corrected chi connectivity index (χ0v) is 21.7. The van der Waals surface area contributed by atoms with Gasteiger partial charge in [-0.2, -0.15) is 4.31 Å². The van der Waals surface area contributed by atoms with Crippen molar-refractivity contribution in [2.24, 2.45) is 11.8 Å². The molecule has 1 N–H and O–H groups in total. The maximum Gasteiger partial charge on any atom is 0.291 e. The van der Waals surface area contributed by atoms with Crippen LogP contribution in [0, 0.1) is 11.8 Å². The quantitative estimate of drug-likeness (QED) is 0.328. The van der Waals surface area contributed by atoms with E-state index in [0.717, 1.165) is 11.8 Å². The number of sulfonamides is 1. The van der Waals surface area contributed by atoms with E-state index in [0.29, 0.717) is 47.5 Å². The molecule has 2 atom stereocenters. The summed E-state index contributed by atoms with van der Waals surface area (Å²) in [5.74, 6) is 1.05. The van der Waals surface area contributed by atoms with Gasteiger partial charge in [-0.1, -0.05) is 50.2 Å². The van der Waals surface area contributed by atoms with E-state index in [4.69, 9.17) is 9.15 Å². The van der Waals surface area contributed by atoms with E-state index in [1.807, 2.05) is 48.5 Å². The van der Waals surface area contributed by atoms with Crippen LogP contribution >= 0.6 is 0 Å².